The van der Waals surface area contributed by atoms with Gasteiger partial charge >= 0.3 is 5.97 Å². The van der Waals surface area contributed by atoms with Crippen LogP contribution >= 0.6 is 0 Å². The lowest BCUT2D eigenvalue weighted by Crippen LogP contribution is -2.45. The number of carboxylic acids is 1. The normalized spacial score (nSPS) is 30.1. The molecule has 0 spiro atoms. The summed E-state index contributed by atoms with van der Waals surface area (Å²) >= 11 is 0. The second kappa shape index (κ2) is 7.07. The van der Waals surface area contributed by atoms with E-state index in [0.717, 1.165) is 32.3 Å². The van der Waals surface area contributed by atoms with Crippen LogP contribution in [-0.4, -0.2) is 47.7 Å². The van der Waals surface area contributed by atoms with E-state index in [-0.39, 0.29) is 17.9 Å². The zero-order valence-corrected chi connectivity index (χ0v) is 12.2. The third-order valence-electron chi connectivity index (χ3n) is 4.54. The molecule has 1 aliphatic carbocycles. The molecule has 0 bridgehead atoms. The van der Waals surface area contributed by atoms with Gasteiger partial charge in [0, 0.05) is 19.7 Å². The average Bonchev–Trinajstić information content (AvgIpc) is 2.97. The van der Waals surface area contributed by atoms with Gasteiger partial charge in [0.2, 0.25) is 5.91 Å². The minimum Gasteiger partial charge on any atom is -0.481 e. The number of carbonyl (C=O) groups is 2. The number of ether oxygens (including phenoxy) is 1. The highest BCUT2D eigenvalue weighted by Gasteiger charge is 2.38. The van der Waals surface area contributed by atoms with Gasteiger partial charge in [-0.3, -0.25) is 9.59 Å². The van der Waals surface area contributed by atoms with Crippen molar-refractivity contribution in [1.82, 2.24) is 4.90 Å². The average molecular weight is 283 g/mol. The molecule has 1 N–H and O–H groups in total. The Bertz CT molecular complexity index is 352. The van der Waals surface area contributed by atoms with E-state index >= 15 is 0 Å². The van der Waals surface area contributed by atoms with Gasteiger partial charge in [-0.1, -0.05) is 12.8 Å². The fourth-order valence-electron chi connectivity index (χ4n) is 3.37. The van der Waals surface area contributed by atoms with Gasteiger partial charge in [-0.2, -0.15) is 0 Å². The Morgan fingerprint density at radius 3 is 2.40 bits per heavy atom. The third-order valence-corrected chi connectivity index (χ3v) is 4.54. The number of carboxylic acid groups (broad SMARTS) is 1. The maximum absolute atomic E-state index is 12.6. The molecule has 3 atom stereocenters. The topological polar surface area (TPSA) is 66.8 Å². The molecule has 5 nitrogen and oxygen atoms in total. The van der Waals surface area contributed by atoms with Crippen LogP contribution in [0.3, 0.4) is 0 Å². The molecule has 1 saturated heterocycles. The molecule has 0 radical (unpaired) electrons. The Kier molecular flexibility index (Phi) is 5.40. The molecular weight excluding hydrogens is 258 g/mol. The highest BCUT2D eigenvalue weighted by atomic mass is 16.5. The lowest BCUT2D eigenvalue weighted by molar-refractivity contribution is -0.152. The maximum Gasteiger partial charge on any atom is 0.307 e. The molecule has 20 heavy (non-hydrogen) atoms. The van der Waals surface area contributed by atoms with Crippen molar-refractivity contribution in [2.24, 2.45) is 11.8 Å². The van der Waals surface area contributed by atoms with E-state index in [9.17, 15) is 14.7 Å². The maximum atomic E-state index is 12.6. The molecule has 0 aromatic rings. The summed E-state index contributed by atoms with van der Waals surface area (Å²) in [4.78, 5) is 25.8. The molecule has 2 rings (SSSR count). The molecule has 2 aliphatic rings. The van der Waals surface area contributed by atoms with Crippen molar-refractivity contribution in [1.29, 1.82) is 0 Å². The summed E-state index contributed by atoms with van der Waals surface area (Å²) in [6.45, 7) is 3.96. The first-order valence-corrected chi connectivity index (χ1v) is 7.76. The second-order valence-corrected chi connectivity index (χ2v) is 5.85. The monoisotopic (exact) mass is 283 g/mol. The van der Waals surface area contributed by atoms with Gasteiger partial charge < -0.3 is 14.7 Å². The first-order chi connectivity index (χ1) is 9.63. The van der Waals surface area contributed by atoms with E-state index < -0.39 is 11.9 Å². The van der Waals surface area contributed by atoms with Crippen LogP contribution in [0.5, 0.6) is 0 Å². The number of rotatable bonds is 5. The summed E-state index contributed by atoms with van der Waals surface area (Å²) in [5.41, 5.74) is 0. The lowest BCUT2D eigenvalue weighted by atomic mass is 9.78. The van der Waals surface area contributed by atoms with Crippen molar-refractivity contribution < 1.29 is 19.4 Å². The van der Waals surface area contributed by atoms with E-state index in [4.69, 9.17) is 4.74 Å². The van der Waals surface area contributed by atoms with E-state index in [1.165, 1.54) is 0 Å². The zero-order valence-electron chi connectivity index (χ0n) is 12.2. The third kappa shape index (κ3) is 3.51. The van der Waals surface area contributed by atoms with E-state index in [0.29, 0.717) is 25.9 Å². The molecule has 114 valence electrons. The first kappa shape index (κ1) is 15.3. The molecule has 0 aromatic heterocycles. The number of hydrogen-bond acceptors (Lipinski definition) is 3. The predicted molar refractivity (Wildman–Crippen MR) is 74.3 cm³/mol. The van der Waals surface area contributed by atoms with Gasteiger partial charge in [-0.25, -0.2) is 0 Å². The molecular formula is C15H25NO4. The fraction of sp³-hybridized carbons (Fsp3) is 0.867. The van der Waals surface area contributed by atoms with E-state index in [1.807, 2.05) is 6.92 Å². The highest BCUT2D eigenvalue weighted by molar-refractivity contribution is 5.85. The van der Waals surface area contributed by atoms with Crippen LogP contribution in [0.2, 0.25) is 0 Å². The molecule has 1 saturated carbocycles. The Balaban J connectivity index is 1.99. The van der Waals surface area contributed by atoms with Crippen molar-refractivity contribution in [3.05, 3.63) is 0 Å². The number of carbonyl (C=O) groups excluding carboxylic acids is 1. The minimum absolute atomic E-state index is 0.00935. The number of hydrogen-bond donors (Lipinski definition) is 1. The van der Waals surface area contributed by atoms with Crippen molar-refractivity contribution >= 4 is 11.9 Å². The van der Waals surface area contributed by atoms with Crippen LogP contribution in [0.25, 0.3) is 0 Å². The quantitative estimate of drug-likeness (QED) is 0.837. The van der Waals surface area contributed by atoms with Crippen molar-refractivity contribution in [2.75, 3.05) is 19.7 Å². The summed E-state index contributed by atoms with van der Waals surface area (Å²) in [5.74, 6) is -1.66. The smallest absolute Gasteiger partial charge is 0.307 e. The van der Waals surface area contributed by atoms with Gasteiger partial charge in [0.15, 0.2) is 0 Å². The van der Waals surface area contributed by atoms with Crippen LogP contribution in [0, 0.1) is 11.8 Å². The molecule has 1 heterocycles. The Hall–Kier alpha value is -1.10. The standard InChI is InChI=1S/C15H25NO4/c1-2-16(10-11-6-5-9-20-11)14(17)12-7-3-4-8-13(12)15(18)19/h11-13H,2-10H2,1H3,(H,18,19). The Labute approximate surface area is 120 Å². The summed E-state index contributed by atoms with van der Waals surface area (Å²) < 4.78 is 5.59. The SMILES string of the molecule is CCN(CC1CCCO1)C(=O)C1CCCCC1C(=O)O. The van der Waals surface area contributed by atoms with Crippen LogP contribution < -0.4 is 0 Å². The van der Waals surface area contributed by atoms with Gasteiger partial charge in [-0.05, 0) is 32.6 Å². The number of likely N-dealkylation sites (N-methyl/N-ethyl adjacent to an activating group) is 1. The first-order valence-electron chi connectivity index (χ1n) is 7.76. The number of nitrogens with zero attached hydrogens (tertiary/aromatic N) is 1. The molecule has 1 amide bonds. The summed E-state index contributed by atoms with van der Waals surface area (Å²) in [7, 11) is 0. The summed E-state index contributed by atoms with van der Waals surface area (Å²) in [5, 5.41) is 9.30. The van der Waals surface area contributed by atoms with Crippen molar-refractivity contribution in [2.45, 2.75) is 51.6 Å². The predicted octanol–water partition coefficient (Wildman–Crippen LogP) is 1.90. The molecule has 2 fully saturated rings. The second-order valence-electron chi connectivity index (χ2n) is 5.85. The van der Waals surface area contributed by atoms with Crippen LogP contribution in [-0.2, 0) is 14.3 Å². The van der Waals surface area contributed by atoms with Gasteiger partial charge in [0.05, 0.1) is 17.9 Å². The van der Waals surface area contributed by atoms with E-state index in [2.05, 4.69) is 0 Å². The largest absolute Gasteiger partial charge is 0.481 e. The Morgan fingerprint density at radius 2 is 1.85 bits per heavy atom. The molecule has 1 aliphatic heterocycles. The van der Waals surface area contributed by atoms with Crippen molar-refractivity contribution in [3.8, 4) is 0 Å². The molecule has 5 heteroatoms. The lowest BCUT2D eigenvalue weighted by Gasteiger charge is -2.33. The zero-order chi connectivity index (χ0) is 14.5. The summed E-state index contributed by atoms with van der Waals surface area (Å²) in [6, 6.07) is 0. The van der Waals surface area contributed by atoms with Crippen LogP contribution in [0.15, 0.2) is 0 Å². The fourth-order valence-corrected chi connectivity index (χ4v) is 3.37. The minimum atomic E-state index is -0.823. The Morgan fingerprint density at radius 1 is 1.15 bits per heavy atom. The van der Waals surface area contributed by atoms with E-state index in [1.54, 1.807) is 4.90 Å². The van der Waals surface area contributed by atoms with Gasteiger partial charge in [0.1, 0.15) is 0 Å². The molecule has 0 aromatic carbocycles. The van der Waals surface area contributed by atoms with Crippen LogP contribution in [0.4, 0.5) is 0 Å². The highest BCUT2D eigenvalue weighted by Crippen LogP contribution is 2.32. The molecule has 3 unspecified atom stereocenters. The summed E-state index contributed by atoms with van der Waals surface area (Å²) in [6.07, 6.45) is 5.39. The van der Waals surface area contributed by atoms with Crippen LogP contribution in [0.1, 0.15) is 45.4 Å². The van der Waals surface area contributed by atoms with Gasteiger partial charge in [-0.15, -0.1) is 0 Å². The van der Waals surface area contributed by atoms with Crippen molar-refractivity contribution in [3.63, 3.8) is 0 Å². The number of amides is 1. The van der Waals surface area contributed by atoms with Gasteiger partial charge in [0.25, 0.3) is 0 Å². The number of aliphatic carboxylic acids is 1.